The predicted octanol–water partition coefficient (Wildman–Crippen LogP) is -2.22. The van der Waals surface area contributed by atoms with Crippen LogP contribution in [-0.2, 0) is 22.3 Å². The molecule has 0 aliphatic carbocycles. The van der Waals surface area contributed by atoms with Crippen LogP contribution in [0.3, 0.4) is 0 Å². The van der Waals surface area contributed by atoms with Gasteiger partial charge in [-0.1, -0.05) is 0 Å². The molecular weight excluding hydrogens is 377 g/mol. The number of phosphoric acid groups is 3. The van der Waals surface area contributed by atoms with Crippen molar-refractivity contribution in [2.75, 3.05) is 0 Å². The van der Waals surface area contributed by atoms with Gasteiger partial charge in [-0.25, -0.2) is 13.7 Å². The molecule has 84 valence electrons. The molecule has 0 saturated carbocycles. The molecule has 0 heterocycles. The first-order valence-electron chi connectivity index (χ1n) is 2.28. The molecule has 10 nitrogen and oxygen atoms in total. The summed E-state index contributed by atoms with van der Waals surface area (Å²) in [7, 11) is -16.2. The monoisotopic (exact) mass is 382 g/mol. The molecule has 4 radical (unpaired) electrons. The summed E-state index contributed by atoms with van der Waals surface area (Å²) in [4.78, 5) is 40.2. The average molecular weight is 382 g/mol. The van der Waals surface area contributed by atoms with Crippen molar-refractivity contribution in [1.82, 2.24) is 0 Å². The Morgan fingerprint density at radius 3 is 0.941 bits per heavy atom. The molecule has 0 aromatic heterocycles. The largest absolute Gasteiger partial charge is 0.490 e. The second-order valence-corrected chi connectivity index (χ2v) is 5.82. The Balaban J connectivity index is -0.000000120. The zero-order valence-electron chi connectivity index (χ0n) is 9.62. The van der Waals surface area contributed by atoms with Crippen LogP contribution in [0.15, 0.2) is 0 Å². The van der Waals surface area contributed by atoms with Crippen molar-refractivity contribution in [2.45, 2.75) is 0 Å². The van der Waals surface area contributed by atoms with Crippen LogP contribution < -0.4 is 0 Å². The fourth-order valence-corrected chi connectivity index (χ4v) is 2.82. The van der Waals surface area contributed by atoms with Crippen molar-refractivity contribution in [3.05, 3.63) is 0 Å². The Hall–Kier alpha value is 5.68. The number of hydrogen-bond acceptors (Lipinski definition) is 5. The van der Waals surface area contributed by atoms with Gasteiger partial charge in [0.2, 0.25) is 0 Å². The first kappa shape index (κ1) is 34.1. The molecule has 0 fully saturated rings. The van der Waals surface area contributed by atoms with Crippen molar-refractivity contribution < 1.29 is 46.8 Å². The van der Waals surface area contributed by atoms with Crippen molar-refractivity contribution in [2.24, 2.45) is 0 Å². The Labute approximate surface area is 226 Å². The summed E-state index contributed by atoms with van der Waals surface area (Å²) in [6.07, 6.45) is 0. The molecule has 0 amide bonds. The van der Waals surface area contributed by atoms with Gasteiger partial charge in [0.1, 0.15) is 0 Å². The predicted molar refractivity (Wildman–Crippen MR) is 59.1 cm³/mol. The van der Waals surface area contributed by atoms with Gasteiger partial charge in [-0.2, -0.15) is 8.62 Å². The normalized spacial score (nSPS) is 11.1. The molecule has 0 aliphatic rings. The quantitative estimate of drug-likeness (QED) is 0.265. The standard InChI is InChI=1S/2K.2Na.H5O10P3/c;;;;1-11(2,3)9-13(7,8)10-12(4,5)6/h;;;;(H,7,8)(H2,1,2,3)(H2,4,5,6). The van der Waals surface area contributed by atoms with Gasteiger partial charge < -0.3 is 24.5 Å². The summed E-state index contributed by atoms with van der Waals surface area (Å²) in [6, 6.07) is 0. The van der Waals surface area contributed by atoms with E-state index in [-0.39, 0.29) is 162 Å². The van der Waals surface area contributed by atoms with Gasteiger partial charge in [0.15, 0.2) is 0 Å². The summed E-state index contributed by atoms with van der Waals surface area (Å²) < 4.78 is 36.4. The van der Waals surface area contributed by atoms with Crippen molar-refractivity contribution in [3.63, 3.8) is 0 Å². The van der Waals surface area contributed by atoms with Crippen LogP contribution >= 0.6 is 23.5 Å². The molecule has 17 heteroatoms. The molecule has 0 spiro atoms. The molecular formula is H5K2Na2O10P3. The molecule has 5 N–H and O–H groups in total. The van der Waals surface area contributed by atoms with E-state index in [4.69, 9.17) is 24.5 Å². The Bertz CT molecular complexity index is 290. The first-order valence-corrected chi connectivity index (χ1v) is 6.83. The molecule has 0 saturated heterocycles. The second kappa shape index (κ2) is 14.1. The topological polar surface area (TPSA) is 171 Å². The van der Waals surface area contributed by atoms with Gasteiger partial charge >= 0.3 is 23.5 Å². The Morgan fingerprint density at radius 2 is 0.824 bits per heavy atom. The number of rotatable bonds is 4. The second-order valence-electron chi connectivity index (χ2n) is 1.61. The SMILES string of the molecule is O=P(O)(O)OP(=O)(O)OP(=O)(O)O.[K].[K].[Na].[Na]. The third-order valence-electron chi connectivity index (χ3n) is 0.419. The Morgan fingerprint density at radius 1 is 0.647 bits per heavy atom. The van der Waals surface area contributed by atoms with Crippen molar-refractivity contribution in [3.8, 4) is 0 Å². The van der Waals surface area contributed by atoms with Crippen LogP contribution in [0, 0.1) is 0 Å². The van der Waals surface area contributed by atoms with E-state index >= 15 is 0 Å². The van der Waals surface area contributed by atoms with Crippen LogP contribution in [0.2, 0.25) is 0 Å². The fraction of sp³-hybridized carbons (Fsp3) is 0. The van der Waals surface area contributed by atoms with E-state index in [2.05, 4.69) is 8.62 Å². The van der Waals surface area contributed by atoms with E-state index in [1.54, 1.807) is 0 Å². The van der Waals surface area contributed by atoms with Gasteiger partial charge in [0.25, 0.3) is 0 Å². The summed E-state index contributed by atoms with van der Waals surface area (Å²) in [5.41, 5.74) is 0. The molecule has 17 heavy (non-hydrogen) atoms. The third kappa shape index (κ3) is 26.9. The van der Waals surface area contributed by atoms with Crippen molar-refractivity contribution in [1.29, 1.82) is 0 Å². The molecule has 0 bridgehead atoms. The average Bonchev–Trinajstić information content (AvgIpc) is 1.43. The van der Waals surface area contributed by atoms with Gasteiger partial charge in [0, 0.05) is 162 Å². The molecule has 0 unspecified atom stereocenters. The Kier molecular flexibility index (Phi) is 28.2. The maximum absolute atomic E-state index is 10.4. The molecule has 0 aromatic carbocycles. The van der Waals surface area contributed by atoms with Crippen LogP contribution in [0.25, 0.3) is 0 Å². The first-order chi connectivity index (χ1) is 5.41. The minimum absolute atomic E-state index is 0. The van der Waals surface area contributed by atoms with E-state index < -0.39 is 23.5 Å². The van der Waals surface area contributed by atoms with E-state index in [9.17, 15) is 13.7 Å². The molecule has 0 atom stereocenters. The van der Waals surface area contributed by atoms with Crippen LogP contribution in [0.5, 0.6) is 0 Å². The van der Waals surface area contributed by atoms with Gasteiger partial charge in [0.05, 0.1) is 0 Å². The van der Waals surface area contributed by atoms with Gasteiger partial charge in [-0.15, -0.1) is 0 Å². The van der Waals surface area contributed by atoms with Crippen LogP contribution in [0.4, 0.5) is 0 Å². The summed E-state index contributed by atoms with van der Waals surface area (Å²) in [5, 5.41) is 0. The molecule has 0 aromatic rings. The van der Waals surface area contributed by atoms with Gasteiger partial charge in [-0.3, -0.25) is 0 Å². The summed E-state index contributed by atoms with van der Waals surface area (Å²) >= 11 is 0. The summed E-state index contributed by atoms with van der Waals surface area (Å²) in [5.74, 6) is 0. The van der Waals surface area contributed by atoms with E-state index in [0.29, 0.717) is 0 Å². The smallest absolute Gasteiger partial charge is 0.302 e. The van der Waals surface area contributed by atoms with Crippen LogP contribution in [-0.4, -0.2) is 186 Å². The zero-order valence-corrected chi connectivity index (χ0v) is 22.5. The minimum atomic E-state index is -5.46. The summed E-state index contributed by atoms with van der Waals surface area (Å²) in [6.45, 7) is 0. The van der Waals surface area contributed by atoms with E-state index in [0.717, 1.165) is 0 Å². The number of hydrogen-bond donors (Lipinski definition) is 5. The minimum Gasteiger partial charge on any atom is -0.302 e. The molecule has 0 rings (SSSR count). The van der Waals surface area contributed by atoms with Gasteiger partial charge in [-0.05, 0) is 0 Å². The van der Waals surface area contributed by atoms with Crippen molar-refractivity contribution >= 4 is 185 Å². The maximum Gasteiger partial charge on any atom is 0.490 e. The van der Waals surface area contributed by atoms with E-state index in [1.807, 2.05) is 0 Å². The fourth-order valence-electron chi connectivity index (χ4n) is 0.284. The maximum atomic E-state index is 10.4. The zero-order chi connectivity index (χ0) is 10.9. The van der Waals surface area contributed by atoms with Crippen LogP contribution in [0.1, 0.15) is 0 Å². The third-order valence-corrected chi connectivity index (χ3v) is 3.77. The van der Waals surface area contributed by atoms with E-state index in [1.165, 1.54) is 0 Å². The molecule has 0 aliphatic heterocycles.